The number of nitrogen functional groups attached to an aromatic ring is 1. The third-order valence-corrected chi connectivity index (χ3v) is 3.42. The van der Waals surface area contributed by atoms with Crippen LogP contribution in [0, 0.1) is 0 Å². The number of carbonyl (C=O) groups excluding carboxylic acids is 1. The zero-order valence-electron chi connectivity index (χ0n) is 11.3. The molecule has 1 saturated heterocycles. The fraction of sp³-hybridized carbons (Fsp3) is 0.500. The third kappa shape index (κ3) is 3.45. The molecule has 1 atom stereocenters. The number of amides is 1. The number of nitrogens with zero attached hydrogens (tertiary/aromatic N) is 1. The summed E-state index contributed by atoms with van der Waals surface area (Å²) in [6.07, 6.45) is 2.32. The molecule has 1 amide bonds. The van der Waals surface area contributed by atoms with E-state index >= 15 is 0 Å². The Morgan fingerprint density at radius 3 is 2.74 bits per heavy atom. The van der Waals surface area contributed by atoms with Gasteiger partial charge in [-0.3, -0.25) is 10.6 Å². The van der Waals surface area contributed by atoms with E-state index in [4.69, 9.17) is 10.6 Å². The van der Waals surface area contributed by atoms with Crippen molar-refractivity contribution >= 4 is 11.6 Å². The smallest absolute Gasteiger partial charge is 0.253 e. The molecule has 1 aliphatic heterocycles. The van der Waals surface area contributed by atoms with Gasteiger partial charge in [0, 0.05) is 30.9 Å². The summed E-state index contributed by atoms with van der Waals surface area (Å²) in [5.41, 5.74) is 4.02. The van der Waals surface area contributed by atoms with Gasteiger partial charge in [0.15, 0.2) is 0 Å². The molecule has 0 bridgehead atoms. The first-order chi connectivity index (χ1) is 9.24. The van der Waals surface area contributed by atoms with Crippen LogP contribution in [-0.4, -0.2) is 36.6 Å². The Labute approximate surface area is 113 Å². The molecule has 0 spiro atoms. The molecular weight excluding hydrogens is 242 g/mol. The van der Waals surface area contributed by atoms with Crippen LogP contribution in [0.5, 0.6) is 0 Å². The summed E-state index contributed by atoms with van der Waals surface area (Å²) in [5, 5.41) is 0. The lowest BCUT2D eigenvalue weighted by Gasteiger charge is -2.24. The monoisotopic (exact) mass is 263 g/mol. The number of ether oxygens (including phenoxy) is 1. The van der Waals surface area contributed by atoms with E-state index in [-0.39, 0.29) is 12.0 Å². The lowest BCUT2D eigenvalue weighted by Crippen LogP contribution is -2.37. The van der Waals surface area contributed by atoms with Crippen LogP contribution in [0.1, 0.15) is 30.1 Å². The molecule has 0 radical (unpaired) electrons. The maximum atomic E-state index is 12.4. The number of hydrogen-bond donors (Lipinski definition) is 2. The lowest BCUT2D eigenvalue weighted by atomic mass is 10.1. The van der Waals surface area contributed by atoms with E-state index in [1.807, 2.05) is 11.8 Å². The molecule has 5 heteroatoms. The van der Waals surface area contributed by atoms with Gasteiger partial charge < -0.3 is 15.1 Å². The van der Waals surface area contributed by atoms with Crippen molar-refractivity contribution < 1.29 is 9.53 Å². The molecule has 2 rings (SSSR count). The number of nitrogens with two attached hydrogens (primary N) is 1. The SMILES string of the molecule is CCN(CC1CCCO1)C(=O)c1ccc(NN)cc1. The Balaban J connectivity index is 2.01. The van der Waals surface area contributed by atoms with Crippen LogP contribution in [0.25, 0.3) is 0 Å². The molecule has 3 N–H and O–H groups in total. The molecule has 0 aliphatic carbocycles. The van der Waals surface area contributed by atoms with Gasteiger partial charge in [-0.1, -0.05) is 0 Å². The molecule has 1 aliphatic rings. The van der Waals surface area contributed by atoms with Crippen LogP contribution in [0.3, 0.4) is 0 Å². The Morgan fingerprint density at radius 1 is 1.47 bits per heavy atom. The zero-order valence-corrected chi connectivity index (χ0v) is 11.3. The first kappa shape index (κ1) is 13.8. The molecule has 1 aromatic carbocycles. The van der Waals surface area contributed by atoms with Crippen molar-refractivity contribution in [2.45, 2.75) is 25.9 Å². The van der Waals surface area contributed by atoms with Gasteiger partial charge in [-0.2, -0.15) is 0 Å². The average molecular weight is 263 g/mol. The molecule has 5 nitrogen and oxygen atoms in total. The Morgan fingerprint density at radius 2 is 2.21 bits per heavy atom. The Kier molecular flexibility index (Phi) is 4.76. The van der Waals surface area contributed by atoms with Crippen LogP contribution in [0.2, 0.25) is 0 Å². The molecule has 0 aromatic heterocycles. The molecule has 1 aromatic rings. The minimum atomic E-state index is 0.0431. The van der Waals surface area contributed by atoms with Crippen LogP contribution in [0.4, 0.5) is 5.69 Å². The minimum Gasteiger partial charge on any atom is -0.376 e. The van der Waals surface area contributed by atoms with Gasteiger partial charge in [0.05, 0.1) is 6.10 Å². The van der Waals surface area contributed by atoms with E-state index in [9.17, 15) is 4.79 Å². The number of hydrazine groups is 1. The van der Waals surface area contributed by atoms with Gasteiger partial charge in [-0.05, 0) is 44.0 Å². The average Bonchev–Trinajstić information content (AvgIpc) is 2.97. The van der Waals surface area contributed by atoms with Crippen LogP contribution in [-0.2, 0) is 4.74 Å². The van der Waals surface area contributed by atoms with Gasteiger partial charge in [0.25, 0.3) is 5.91 Å². The standard InChI is InChI=1S/C14H21N3O2/c1-2-17(10-13-4-3-9-19-13)14(18)11-5-7-12(16-15)8-6-11/h5-8,13,16H,2-4,9-10,15H2,1H3. The van der Waals surface area contributed by atoms with Gasteiger partial charge in [-0.15, -0.1) is 0 Å². The van der Waals surface area contributed by atoms with E-state index < -0.39 is 0 Å². The second kappa shape index (κ2) is 6.54. The number of anilines is 1. The molecule has 19 heavy (non-hydrogen) atoms. The predicted octanol–water partition coefficient (Wildman–Crippen LogP) is 1.61. The van der Waals surface area contributed by atoms with E-state index in [0.29, 0.717) is 18.7 Å². The van der Waals surface area contributed by atoms with Crippen LogP contribution < -0.4 is 11.3 Å². The van der Waals surface area contributed by atoms with Crippen LogP contribution in [0.15, 0.2) is 24.3 Å². The fourth-order valence-corrected chi connectivity index (χ4v) is 2.28. The maximum absolute atomic E-state index is 12.4. The lowest BCUT2D eigenvalue weighted by molar-refractivity contribution is 0.0539. The number of carbonyl (C=O) groups is 1. The van der Waals surface area contributed by atoms with Gasteiger partial charge in [-0.25, -0.2) is 0 Å². The highest BCUT2D eigenvalue weighted by molar-refractivity contribution is 5.94. The molecule has 104 valence electrons. The number of hydrogen-bond acceptors (Lipinski definition) is 4. The summed E-state index contributed by atoms with van der Waals surface area (Å²) >= 11 is 0. The topological polar surface area (TPSA) is 67.6 Å². The summed E-state index contributed by atoms with van der Waals surface area (Å²) in [7, 11) is 0. The molecule has 1 unspecified atom stereocenters. The van der Waals surface area contributed by atoms with Crippen molar-refractivity contribution in [1.29, 1.82) is 0 Å². The number of nitrogens with one attached hydrogen (secondary N) is 1. The second-order valence-electron chi connectivity index (χ2n) is 4.70. The maximum Gasteiger partial charge on any atom is 0.253 e. The summed E-state index contributed by atoms with van der Waals surface area (Å²) in [5.74, 6) is 5.35. The quantitative estimate of drug-likeness (QED) is 0.625. The summed E-state index contributed by atoms with van der Waals surface area (Å²) < 4.78 is 5.59. The van der Waals surface area contributed by atoms with Gasteiger partial charge in [0.1, 0.15) is 0 Å². The van der Waals surface area contributed by atoms with E-state index in [0.717, 1.165) is 25.1 Å². The summed E-state index contributed by atoms with van der Waals surface area (Å²) in [6.45, 7) is 4.16. The third-order valence-electron chi connectivity index (χ3n) is 3.42. The number of rotatable bonds is 5. The van der Waals surface area contributed by atoms with Crippen molar-refractivity contribution in [3.8, 4) is 0 Å². The first-order valence-electron chi connectivity index (χ1n) is 6.72. The largest absolute Gasteiger partial charge is 0.376 e. The second-order valence-corrected chi connectivity index (χ2v) is 4.70. The number of likely N-dealkylation sites (N-methyl/N-ethyl adjacent to an activating group) is 1. The first-order valence-corrected chi connectivity index (χ1v) is 6.72. The summed E-state index contributed by atoms with van der Waals surface area (Å²) in [4.78, 5) is 14.2. The molecular formula is C14H21N3O2. The Bertz CT molecular complexity index is 413. The van der Waals surface area contributed by atoms with E-state index in [1.54, 1.807) is 24.3 Å². The highest BCUT2D eigenvalue weighted by Crippen LogP contribution is 2.16. The normalized spacial score (nSPS) is 18.3. The van der Waals surface area contributed by atoms with Crippen LogP contribution >= 0.6 is 0 Å². The predicted molar refractivity (Wildman–Crippen MR) is 74.8 cm³/mol. The highest BCUT2D eigenvalue weighted by atomic mass is 16.5. The van der Waals surface area contributed by atoms with Gasteiger partial charge in [0.2, 0.25) is 0 Å². The molecule has 1 heterocycles. The van der Waals surface area contributed by atoms with Crippen molar-refractivity contribution in [2.75, 3.05) is 25.1 Å². The molecule has 0 saturated carbocycles. The zero-order chi connectivity index (χ0) is 13.7. The highest BCUT2D eigenvalue weighted by Gasteiger charge is 2.22. The van der Waals surface area contributed by atoms with E-state index in [1.165, 1.54) is 0 Å². The Hall–Kier alpha value is -1.59. The van der Waals surface area contributed by atoms with Crippen molar-refractivity contribution in [3.63, 3.8) is 0 Å². The number of benzene rings is 1. The van der Waals surface area contributed by atoms with Crippen molar-refractivity contribution in [1.82, 2.24) is 4.90 Å². The molecule has 1 fully saturated rings. The van der Waals surface area contributed by atoms with Crippen molar-refractivity contribution in [2.24, 2.45) is 5.84 Å². The fourth-order valence-electron chi connectivity index (χ4n) is 2.28. The summed E-state index contributed by atoms with van der Waals surface area (Å²) in [6, 6.07) is 7.17. The minimum absolute atomic E-state index is 0.0431. The van der Waals surface area contributed by atoms with Crippen molar-refractivity contribution in [3.05, 3.63) is 29.8 Å². The van der Waals surface area contributed by atoms with Gasteiger partial charge >= 0.3 is 0 Å². The van der Waals surface area contributed by atoms with E-state index in [2.05, 4.69) is 5.43 Å².